The van der Waals surface area contributed by atoms with Crippen LogP contribution in [0.4, 0.5) is 5.69 Å². The molecule has 0 radical (unpaired) electrons. The third-order valence-corrected chi connectivity index (χ3v) is 1.69. The smallest absolute Gasteiger partial charge is 0.278 e. The zero-order valence-electron chi connectivity index (χ0n) is 7.54. The Balaban J connectivity index is 2.19. The highest BCUT2D eigenvalue weighted by Crippen LogP contribution is 2.14. The fraction of sp³-hybridized carbons (Fsp3) is 0. The highest BCUT2D eigenvalue weighted by Gasteiger charge is 2.12. The van der Waals surface area contributed by atoms with E-state index in [1.165, 1.54) is 30.8 Å². The van der Waals surface area contributed by atoms with Crippen molar-refractivity contribution in [2.45, 2.75) is 0 Å². The molecular weight excluding hydrogens is 198 g/mol. The van der Waals surface area contributed by atoms with Gasteiger partial charge in [-0.3, -0.25) is 4.79 Å². The van der Waals surface area contributed by atoms with Crippen molar-refractivity contribution >= 4 is 11.6 Å². The van der Waals surface area contributed by atoms with E-state index in [1.807, 2.05) is 0 Å². The van der Waals surface area contributed by atoms with Crippen molar-refractivity contribution in [1.29, 1.82) is 0 Å². The molecule has 2 rings (SSSR count). The summed E-state index contributed by atoms with van der Waals surface area (Å²) in [6.45, 7) is 0. The third-order valence-electron chi connectivity index (χ3n) is 1.69. The van der Waals surface area contributed by atoms with Crippen LogP contribution in [0.5, 0.6) is 5.75 Å². The molecule has 0 fully saturated rings. The molecule has 76 valence electrons. The first kappa shape index (κ1) is 9.20. The maximum Gasteiger partial charge on any atom is 0.278 e. The first-order valence-electron chi connectivity index (χ1n) is 4.12. The van der Waals surface area contributed by atoms with Gasteiger partial charge < -0.3 is 14.9 Å². The Kier molecular flexibility index (Phi) is 2.32. The van der Waals surface area contributed by atoms with Gasteiger partial charge >= 0.3 is 0 Å². The number of pyridine rings is 1. The lowest BCUT2D eigenvalue weighted by atomic mass is 10.3. The number of nitrogens with one attached hydrogen (secondary N) is 1. The summed E-state index contributed by atoms with van der Waals surface area (Å²) in [7, 11) is 0. The van der Waals surface area contributed by atoms with Crippen LogP contribution in [0.3, 0.4) is 0 Å². The minimum atomic E-state index is -0.517. The molecule has 2 aromatic rings. The van der Waals surface area contributed by atoms with Crippen LogP contribution in [-0.4, -0.2) is 21.2 Å². The standard InChI is InChI=1S/C9H7N3O3/c13-7-2-1-3-10-8(7)9(14)12-6-4-11-15-5-6/h1-5,13H,(H,12,14). The first-order valence-corrected chi connectivity index (χ1v) is 4.12. The SMILES string of the molecule is O=C(Nc1cnoc1)c1ncccc1O. The predicted molar refractivity (Wildman–Crippen MR) is 50.4 cm³/mol. The lowest BCUT2D eigenvalue weighted by molar-refractivity contribution is 0.101. The molecule has 0 saturated heterocycles. The Bertz CT molecular complexity index is 467. The minimum absolute atomic E-state index is 0.0429. The summed E-state index contributed by atoms with van der Waals surface area (Å²) >= 11 is 0. The molecular formula is C9H7N3O3. The number of carbonyl (C=O) groups is 1. The van der Waals surface area contributed by atoms with Gasteiger partial charge in [0.1, 0.15) is 17.7 Å². The van der Waals surface area contributed by atoms with Crippen LogP contribution in [-0.2, 0) is 0 Å². The molecule has 1 amide bonds. The van der Waals surface area contributed by atoms with E-state index < -0.39 is 5.91 Å². The summed E-state index contributed by atoms with van der Waals surface area (Å²) in [5, 5.41) is 15.2. The molecule has 0 aliphatic carbocycles. The van der Waals surface area contributed by atoms with Gasteiger partial charge in [0, 0.05) is 6.20 Å². The van der Waals surface area contributed by atoms with E-state index in [2.05, 4.69) is 20.0 Å². The number of aromatic nitrogens is 2. The molecule has 2 N–H and O–H groups in total. The van der Waals surface area contributed by atoms with Crippen LogP contribution >= 0.6 is 0 Å². The molecule has 0 bridgehead atoms. The normalized spacial score (nSPS) is 9.87. The van der Waals surface area contributed by atoms with Gasteiger partial charge in [0.25, 0.3) is 5.91 Å². The van der Waals surface area contributed by atoms with Crippen LogP contribution in [0.1, 0.15) is 10.5 Å². The van der Waals surface area contributed by atoms with Crippen molar-refractivity contribution in [2.75, 3.05) is 5.32 Å². The maximum atomic E-state index is 11.5. The first-order chi connectivity index (χ1) is 7.27. The monoisotopic (exact) mass is 205 g/mol. The van der Waals surface area contributed by atoms with Gasteiger partial charge in [-0.05, 0) is 12.1 Å². The third kappa shape index (κ3) is 1.93. The Morgan fingerprint density at radius 1 is 1.53 bits per heavy atom. The second-order valence-electron chi connectivity index (χ2n) is 2.74. The number of rotatable bonds is 2. The Labute approximate surface area is 84.5 Å². The number of hydrogen-bond donors (Lipinski definition) is 2. The summed E-state index contributed by atoms with van der Waals surface area (Å²) in [5.41, 5.74) is 0.365. The van der Waals surface area contributed by atoms with Crippen molar-refractivity contribution in [3.63, 3.8) is 0 Å². The molecule has 0 aliphatic rings. The van der Waals surface area contributed by atoms with Crippen LogP contribution in [0.2, 0.25) is 0 Å². The molecule has 6 heteroatoms. The second kappa shape index (κ2) is 3.79. The Hall–Kier alpha value is -2.37. The summed E-state index contributed by atoms with van der Waals surface area (Å²) in [6, 6.07) is 2.92. The van der Waals surface area contributed by atoms with E-state index >= 15 is 0 Å². The summed E-state index contributed by atoms with van der Waals surface area (Å²) < 4.78 is 4.53. The van der Waals surface area contributed by atoms with E-state index in [4.69, 9.17) is 0 Å². The number of amides is 1. The van der Waals surface area contributed by atoms with Gasteiger partial charge in [-0.1, -0.05) is 5.16 Å². The average Bonchev–Trinajstić information content (AvgIpc) is 2.71. The van der Waals surface area contributed by atoms with Crippen LogP contribution in [0, 0.1) is 0 Å². The zero-order chi connectivity index (χ0) is 10.7. The fourth-order valence-electron chi connectivity index (χ4n) is 1.03. The number of carbonyl (C=O) groups excluding carboxylic acids is 1. The van der Waals surface area contributed by atoms with Crippen LogP contribution in [0.25, 0.3) is 0 Å². The van der Waals surface area contributed by atoms with Crippen LogP contribution in [0.15, 0.2) is 35.3 Å². The maximum absolute atomic E-state index is 11.5. The van der Waals surface area contributed by atoms with Gasteiger partial charge in [-0.25, -0.2) is 4.98 Å². The van der Waals surface area contributed by atoms with Crippen molar-refractivity contribution in [3.8, 4) is 5.75 Å². The van der Waals surface area contributed by atoms with Crippen molar-refractivity contribution in [1.82, 2.24) is 10.1 Å². The summed E-state index contributed by atoms with van der Waals surface area (Å²) in [6.07, 6.45) is 4.04. The van der Waals surface area contributed by atoms with Gasteiger partial charge in [0.2, 0.25) is 0 Å². The lowest BCUT2D eigenvalue weighted by Gasteiger charge is -2.02. The van der Waals surface area contributed by atoms with Crippen molar-refractivity contribution in [2.24, 2.45) is 0 Å². The molecule has 15 heavy (non-hydrogen) atoms. The molecule has 0 saturated carbocycles. The quantitative estimate of drug-likeness (QED) is 0.764. The second-order valence-corrected chi connectivity index (χ2v) is 2.74. The highest BCUT2D eigenvalue weighted by atomic mass is 16.5. The molecule has 0 aromatic carbocycles. The molecule has 6 nitrogen and oxygen atoms in total. The molecule has 0 atom stereocenters. The van der Waals surface area contributed by atoms with Crippen molar-refractivity contribution < 1.29 is 14.4 Å². The fourth-order valence-corrected chi connectivity index (χ4v) is 1.03. The van der Waals surface area contributed by atoms with E-state index in [0.29, 0.717) is 5.69 Å². The molecule has 0 spiro atoms. The number of hydrogen-bond acceptors (Lipinski definition) is 5. The van der Waals surface area contributed by atoms with E-state index in [0.717, 1.165) is 0 Å². The predicted octanol–water partition coefficient (Wildman–Crippen LogP) is 1.03. The lowest BCUT2D eigenvalue weighted by Crippen LogP contribution is -2.13. The zero-order valence-corrected chi connectivity index (χ0v) is 7.54. The van der Waals surface area contributed by atoms with E-state index in [-0.39, 0.29) is 11.4 Å². The summed E-state index contributed by atoms with van der Waals surface area (Å²) in [4.78, 5) is 15.3. The number of nitrogens with zero attached hydrogens (tertiary/aromatic N) is 2. The Morgan fingerprint density at radius 3 is 3.07 bits per heavy atom. The highest BCUT2D eigenvalue weighted by molar-refractivity contribution is 6.04. The number of anilines is 1. The topological polar surface area (TPSA) is 88.3 Å². The van der Waals surface area contributed by atoms with Gasteiger partial charge in [0.05, 0.1) is 6.20 Å². The Morgan fingerprint density at radius 2 is 2.40 bits per heavy atom. The number of aromatic hydroxyl groups is 1. The van der Waals surface area contributed by atoms with Gasteiger partial charge in [-0.2, -0.15) is 0 Å². The van der Waals surface area contributed by atoms with Crippen molar-refractivity contribution in [3.05, 3.63) is 36.5 Å². The molecule has 0 unspecified atom stereocenters. The average molecular weight is 205 g/mol. The minimum Gasteiger partial charge on any atom is -0.505 e. The van der Waals surface area contributed by atoms with Gasteiger partial charge in [0.15, 0.2) is 5.69 Å². The van der Waals surface area contributed by atoms with E-state index in [9.17, 15) is 9.90 Å². The molecule has 2 heterocycles. The largest absolute Gasteiger partial charge is 0.505 e. The molecule has 0 aliphatic heterocycles. The van der Waals surface area contributed by atoms with Crippen LogP contribution < -0.4 is 5.32 Å². The summed E-state index contributed by atoms with van der Waals surface area (Å²) in [5.74, 6) is -0.692. The van der Waals surface area contributed by atoms with Gasteiger partial charge in [-0.15, -0.1) is 0 Å². The molecule has 2 aromatic heterocycles. The van der Waals surface area contributed by atoms with E-state index in [1.54, 1.807) is 0 Å².